The number of anilines is 2. The summed E-state index contributed by atoms with van der Waals surface area (Å²) in [6.45, 7) is 2.05. The molecule has 2 rings (SSSR count). The average Bonchev–Trinajstić information content (AvgIpc) is 2.59. The fourth-order valence-electron chi connectivity index (χ4n) is 2.57. The SMILES string of the molecule is CCc1ccc(N)c(NN)c1CNC(=O)c1cc(F)c(OC)c(F)c1. The number of rotatable bonds is 6. The highest BCUT2D eigenvalue weighted by Gasteiger charge is 2.17. The Balaban J connectivity index is 2.25. The third-order valence-electron chi connectivity index (χ3n) is 3.86. The smallest absolute Gasteiger partial charge is 0.251 e. The summed E-state index contributed by atoms with van der Waals surface area (Å²) in [5.74, 6) is 2.45. The molecule has 0 aliphatic rings. The maximum absolute atomic E-state index is 13.7. The van der Waals surface area contributed by atoms with E-state index in [4.69, 9.17) is 11.6 Å². The molecule has 1 amide bonds. The minimum absolute atomic E-state index is 0.0991. The molecule has 0 fully saturated rings. The molecule has 0 aromatic heterocycles. The molecular weight excluding hydrogens is 330 g/mol. The van der Waals surface area contributed by atoms with Crippen molar-refractivity contribution >= 4 is 17.3 Å². The molecule has 2 aromatic rings. The summed E-state index contributed by atoms with van der Waals surface area (Å²) in [7, 11) is 1.15. The van der Waals surface area contributed by atoms with Crippen LogP contribution in [0.3, 0.4) is 0 Å². The van der Waals surface area contributed by atoms with Gasteiger partial charge in [-0.2, -0.15) is 0 Å². The fourth-order valence-corrected chi connectivity index (χ4v) is 2.57. The summed E-state index contributed by atoms with van der Waals surface area (Å²) in [4.78, 5) is 12.2. The molecular formula is C17H20F2N4O2. The summed E-state index contributed by atoms with van der Waals surface area (Å²) >= 11 is 0. The number of nitrogen functional groups attached to an aromatic ring is 2. The van der Waals surface area contributed by atoms with Gasteiger partial charge in [-0.1, -0.05) is 13.0 Å². The van der Waals surface area contributed by atoms with E-state index in [0.29, 0.717) is 23.4 Å². The molecule has 0 saturated heterocycles. The Morgan fingerprint density at radius 3 is 2.40 bits per heavy atom. The number of hydrazine groups is 1. The highest BCUT2D eigenvalue weighted by Crippen LogP contribution is 2.27. The van der Waals surface area contributed by atoms with Gasteiger partial charge in [0.15, 0.2) is 17.4 Å². The van der Waals surface area contributed by atoms with Crippen molar-refractivity contribution in [2.24, 2.45) is 5.84 Å². The van der Waals surface area contributed by atoms with E-state index in [9.17, 15) is 13.6 Å². The molecule has 6 N–H and O–H groups in total. The van der Waals surface area contributed by atoms with Gasteiger partial charge in [0.2, 0.25) is 0 Å². The van der Waals surface area contributed by atoms with Gasteiger partial charge in [-0.25, -0.2) is 8.78 Å². The normalized spacial score (nSPS) is 10.4. The van der Waals surface area contributed by atoms with E-state index >= 15 is 0 Å². The van der Waals surface area contributed by atoms with Gasteiger partial charge in [0.05, 0.1) is 18.5 Å². The standard InChI is InChI=1S/C17H20F2N4O2/c1-3-9-4-5-14(20)15(23-21)11(9)8-22-17(24)10-6-12(18)16(25-2)13(19)7-10/h4-7,23H,3,8,20-21H2,1-2H3,(H,22,24). The Morgan fingerprint density at radius 1 is 1.24 bits per heavy atom. The Morgan fingerprint density at radius 2 is 1.88 bits per heavy atom. The van der Waals surface area contributed by atoms with Crippen LogP contribution >= 0.6 is 0 Å². The molecule has 6 nitrogen and oxygen atoms in total. The van der Waals surface area contributed by atoms with Gasteiger partial charge in [-0.15, -0.1) is 0 Å². The predicted octanol–water partition coefficient (Wildman–Crippen LogP) is 2.33. The van der Waals surface area contributed by atoms with Gasteiger partial charge in [-0.3, -0.25) is 10.6 Å². The third kappa shape index (κ3) is 3.80. The van der Waals surface area contributed by atoms with Crippen LogP contribution in [0.1, 0.15) is 28.4 Å². The zero-order valence-corrected chi connectivity index (χ0v) is 14.0. The van der Waals surface area contributed by atoms with Crippen molar-refractivity contribution in [3.05, 3.63) is 52.6 Å². The molecule has 0 heterocycles. The fraction of sp³-hybridized carbons (Fsp3) is 0.235. The highest BCUT2D eigenvalue weighted by molar-refractivity contribution is 5.94. The minimum Gasteiger partial charge on any atom is -0.491 e. The maximum Gasteiger partial charge on any atom is 0.251 e. The van der Waals surface area contributed by atoms with Crippen molar-refractivity contribution in [3.63, 3.8) is 0 Å². The molecule has 0 aliphatic heterocycles. The number of amides is 1. The molecule has 8 heteroatoms. The molecule has 0 radical (unpaired) electrons. The number of halogens is 2. The summed E-state index contributed by atoms with van der Waals surface area (Å²) in [5.41, 5.74) is 10.8. The van der Waals surface area contributed by atoms with E-state index in [0.717, 1.165) is 24.8 Å². The Bertz CT molecular complexity index is 773. The van der Waals surface area contributed by atoms with Crippen molar-refractivity contribution < 1.29 is 18.3 Å². The number of carbonyl (C=O) groups excluding carboxylic acids is 1. The molecule has 0 saturated carbocycles. The number of hydrogen-bond acceptors (Lipinski definition) is 5. The van der Waals surface area contributed by atoms with Crippen LogP contribution in [0.4, 0.5) is 20.2 Å². The molecule has 0 unspecified atom stereocenters. The lowest BCUT2D eigenvalue weighted by atomic mass is 10.0. The zero-order valence-electron chi connectivity index (χ0n) is 14.0. The number of ether oxygens (including phenoxy) is 1. The van der Waals surface area contributed by atoms with Gasteiger partial charge in [0, 0.05) is 17.7 Å². The molecule has 2 aromatic carbocycles. The molecule has 0 atom stereocenters. The first-order chi connectivity index (χ1) is 11.9. The first-order valence-electron chi connectivity index (χ1n) is 7.60. The van der Waals surface area contributed by atoms with E-state index in [1.165, 1.54) is 0 Å². The number of aryl methyl sites for hydroxylation is 1. The lowest BCUT2D eigenvalue weighted by molar-refractivity contribution is 0.0950. The van der Waals surface area contributed by atoms with E-state index < -0.39 is 23.3 Å². The monoisotopic (exact) mass is 350 g/mol. The largest absolute Gasteiger partial charge is 0.491 e. The summed E-state index contributed by atoms with van der Waals surface area (Å²) in [5, 5.41) is 2.62. The number of hydrogen-bond donors (Lipinski definition) is 4. The quantitative estimate of drug-likeness (QED) is 0.364. The van der Waals surface area contributed by atoms with E-state index in [1.807, 2.05) is 13.0 Å². The second-order valence-corrected chi connectivity index (χ2v) is 5.32. The van der Waals surface area contributed by atoms with E-state index in [2.05, 4.69) is 15.5 Å². The number of benzene rings is 2. The van der Waals surface area contributed by atoms with Crippen LogP contribution < -0.4 is 27.1 Å². The second kappa shape index (κ2) is 7.80. The van der Waals surface area contributed by atoms with Crippen LogP contribution in [0.2, 0.25) is 0 Å². The van der Waals surface area contributed by atoms with Gasteiger partial charge < -0.3 is 21.2 Å². The van der Waals surface area contributed by atoms with Crippen LogP contribution in [0, 0.1) is 11.6 Å². The summed E-state index contributed by atoms with van der Waals surface area (Å²) in [6.07, 6.45) is 0.700. The van der Waals surface area contributed by atoms with Crippen LogP contribution in [-0.4, -0.2) is 13.0 Å². The van der Waals surface area contributed by atoms with E-state index in [-0.39, 0.29) is 12.1 Å². The first-order valence-corrected chi connectivity index (χ1v) is 7.60. The van der Waals surface area contributed by atoms with Crippen LogP contribution in [-0.2, 0) is 13.0 Å². The molecule has 0 spiro atoms. The van der Waals surface area contributed by atoms with Crippen LogP contribution in [0.15, 0.2) is 24.3 Å². The Hall–Kier alpha value is -2.87. The Labute approximate surface area is 144 Å². The predicted molar refractivity (Wildman–Crippen MR) is 92.1 cm³/mol. The molecule has 0 bridgehead atoms. The minimum atomic E-state index is -0.949. The topological polar surface area (TPSA) is 102 Å². The lowest BCUT2D eigenvalue weighted by Crippen LogP contribution is -2.25. The van der Waals surface area contributed by atoms with Crippen molar-refractivity contribution in [1.82, 2.24) is 5.32 Å². The van der Waals surface area contributed by atoms with Gasteiger partial charge in [-0.05, 0) is 30.2 Å². The van der Waals surface area contributed by atoms with Crippen LogP contribution in [0.25, 0.3) is 0 Å². The van der Waals surface area contributed by atoms with Crippen molar-refractivity contribution in [2.45, 2.75) is 19.9 Å². The number of nitrogens with two attached hydrogens (primary N) is 2. The van der Waals surface area contributed by atoms with Gasteiger partial charge in [0.25, 0.3) is 5.91 Å². The summed E-state index contributed by atoms with van der Waals surface area (Å²) < 4.78 is 32.1. The molecule has 0 aliphatic carbocycles. The van der Waals surface area contributed by atoms with E-state index in [1.54, 1.807) is 6.07 Å². The summed E-state index contributed by atoms with van der Waals surface area (Å²) in [6, 6.07) is 5.39. The second-order valence-electron chi connectivity index (χ2n) is 5.32. The number of carbonyl (C=O) groups is 1. The first kappa shape index (κ1) is 18.5. The molecule has 134 valence electrons. The molecule has 25 heavy (non-hydrogen) atoms. The highest BCUT2D eigenvalue weighted by atomic mass is 19.1. The average molecular weight is 350 g/mol. The lowest BCUT2D eigenvalue weighted by Gasteiger charge is -2.16. The van der Waals surface area contributed by atoms with Gasteiger partial charge in [0.1, 0.15) is 0 Å². The zero-order chi connectivity index (χ0) is 18.6. The van der Waals surface area contributed by atoms with Crippen LogP contribution in [0.5, 0.6) is 5.75 Å². The van der Waals surface area contributed by atoms with Crippen molar-refractivity contribution in [2.75, 3.05) is 18.3 Å². The number of nitrogens with one attached hydrogen (secondary N) is 2. The number of methoxy groups -OCH3 is 1. The third-order valence-corrected chi connectivity index (χ3v) is 3.86. The van der Waals surface area contributed by atoms with Gasteiger partial charge >= 0.3 is 0 Å². The Kier molecular flexibility index (Phi) is 5.76. The van der Waals surface area contributed by atoms with Crippen molar-refractivity contribution in [3.8, 4) is 5.75 Å². The maximum atomic E-state index is 13.7. The van der Waals surface area contributed by atoms with Crippen molar-refractivity contribution in [1.29, 1.82) is 0 Å².